The zero-order chi connectivity index (χ0) is 43.7. The molecule has 0 amide bonds. The van der Waals surface area contributed by atoms with E-state index in [1.54, 1.807) is 0 Å². The number of hydrogen-bond donors (Lipinski definition) is 7. The first-order valence-electron chi connectivity index (χ1n) is 19.0. The van der Waals surface area contributed by atoms with Crippen LogP contribution < -0.4 is 31.5 Å². The van der Waals surface area contributed by atoms with Gasteiger partial charge in [0.25, 0.3) is 20.2 Å². The van der Waals surface area contributed by atoms with Crippen LogP contribution in [-0.4, -0.2) is 68.9 Å². The SMILES string of the molecule is CCN(CC)c1nc(Nc2ccccc2)nc(Nc2ccc(/C=C/c3ccc(Nc4nc(Nc5ccccc5)nc(Nc5ccccc5)n4)cc3S(=O)(=O)O)c(S(=O)(=O)O)c2)n1. The molecule has 5 aromatic carbocycles. The lowest BCUT2D eigenvalue weighted by molar-refractivity contribution is 0.480. The van der Waals surface area contributed by atoms with Crippen molar-refractivity contribution in [2.45, 2.75) is 23.6 Å². The second-order valence-electron chi connectivity index (χ2n) is 13.3. The number of nitrogens with zero attached hydrogens (tertiary/aromatic N) is 7. The highest BCUT2D eigenvalue weighted by molar-refractivity contribution is 7.86. The predicted molar refractivity (Wildman–Crippen MR) is 240 cm³/mol. The van der Waals surface area contributed by atoms with E-state index in [1.807, 2.05) is 110 Å². The molecule has 0 bridgehead atoms. The summed E-state index contributed by atoms with van der Waals surface area (Å²) in [5.74, 6) is 1.11. The molecule has 316 valence electrons. The van der Waals surface area contributed by atoms with E-state index in [9.17, 15) is 25.9 Å². The summed E-state index contributed by atoms with van der Waals surface area (Å²) in [6.07, 6.45) is 2.59. The summed E-state index contributed by atoms with van der Waals surface area (Å²) >= 11 is 0. The first-order chi connectivity index (χ1) is 29.8. The van der Waals surface area contributed by atoms with Crippen molar-refractivity contribution in [3.05, 3.63) is 139 Å². The second-order valence-corrected chi connectivity index (χ2v) is 16.1. The standard InChI is InChI=1S/C42H40N12O6S2/c1-3-54(4-2)42-52-40(45-32-18-12-7-13-19-32)51-41(53-42)47-34-25-23-29(36(27-34)62(58,59)60)21-20-28-22-24-33(26-35(28)61(55,56)57)46-39-49-37(43-30-14-8-5-9-15-30)48-38(50-39)44-31-16-10-6-11-17-31/h5-27H,3-4H2,1-2H3,(H,55,56,57)(H,58,59,60)(H2,45,47,51,52,53)(H3,43,44,46,48,49,50)/b21-20+. The van der Waals surface area contributed by atoms with E-state index < -0.39 is 30.0 Å². The van der Waals surface area contributed by atoms with Gasteiger partial charge in [0.1, 0.15) is 9.79 Å². The minimum Gasteiger partial charge on any atom is -0.341 e. The monoisotopic (exact) mass is 872 g/mol. The summed E-state index contributed by atoms with van der Waals surface area (Å²) in [4.78, 5) is 27.8. The first kappa shape index (κ1) is 42.6. The lowest BCUT2D eigenvalue weighted by Crippen LogP contribution is -2.25. The maximum Gasteiger partial charge on any atom is 0.295 e. The van der Waals surface area contributed by atoms with Crippen molar-refractivity contribution < 1.29 is 25.9 Å². The van der Waals surface area contributed by atoms with Gasteiger partial charge in [0.15, 0.2) is 0 Å². The van der Waals surface area contributed by atoms with E-state index >= 15 is 0 Å². The van der Waals surface area contributed by atoms with Gasteiger partial charge in [0.2, 0.25) is 35.7 Å². The third-order valence-electron chi connectivity index (χ3n) is 8.93. The molecule has 0 radical (unpaired) electrons. The van der Waals surface area contributed by atoms with E-state index in [0.717, 1.165) is 5.69 Å². The Morgan fingerprint density at radius 2 is 0.758 bits per heavy atom. The van der Waals surface area contributed by atoms with Crippen LogP contribution in [0.3, 0.4) is 0 Å². The van der Waals surface area contributed by atoms with E-state index in [4.69, 9.17) is 0 Å². The van der Waals surface area contributed by atoms with Crippen molar-refractivity contribution in [3.63, 3.8) is 0 Å². The number of benzene rings is 5. The molecule has 0 aliphatic carbocycles. The van der Waals surface area contributed by atoms with Crippen molar-refractivity contribution in [2.24, 2.45) is 0 Å². The van der Waals surface area contributed by atoms with Crippen LogP contribution >= 0.6 is 0 Å². The van der Waals surface area contributed by atoms with Gasteiger partial charge in [-0.1, -0.05) is 78.9 Å². The molecule has 2 aromatic heterocycles. The first-order valence-corrected chi connectivity index (χ1v) is 21.9. The Balaban J connectivity index is 1.17. The molecule has 0 aliphatic heterocycles. The van der Waals surface area contributed by atoms with Crippen LogP contribution in [0.2, 0.25) is 0 Å². The molecule has 0 spiro atoms. The summed E-state index contributed by atoms with van der Waals surface area (Å²) in [6, 6.07) is 35.9. The summed E-state index contributed by atoms with van der Waals surface area (Å²) in [5, 5.41) is 15.4. The summed E-state index contributed by atoms with van der Waals surface area (Å²) in [7, 11) is -9.67. The Labute approximate surface area is 357 Å². The van der Waals surface area contributed by atoms with E-state index in [-0.39, 0.29) is 52.2 Å². The Hall–Kier alpha value is -7.52. The molecule has 0 aliphatic rings. The fourth-order valence-electron chi connectivity index (χ4n) is 6.00. The molecule has 0 saturated carbocycles. The summed E-state index contributed by atoms with van der Waals surface area (Å²) < 4.78 is 71.5. The van der Waals surface area contributed by atoms with Gasteiger partial charge in [-0.25, -0.2) is 0 Å². The Kier molecular flexibility index (Phi) is 12.9. The maximum absolute atomic E-state index is 12.7. The molecule has 0 fully saturated rings. The van der Waals surface area contributed by atoms with Gasteiger partial charge < -0.3 is 31.5 Å². The Bertz CT molecular complexity index is 2870. The molecule has 7 rings (SSSR count). The minimum absolute atomic E-state index is 0.00242. The third-order valence-corrected chi connectivity index (χ3v) is 10.8. The normalized spacial score (nSPS) is 11.5. The van der Waals surface area contributed by atoms with Crippen molar-refractivity contribution in [2.75, 3.05) is 44.6 Å². The molecule has 7 aromatic rings. The van der Waals surface area contributed by atoms with E-state index in [1.165, 1.54) is 48.6 Å². The topological polar surface area (TPSA) is 249 Å². The largest absolute Gasteiger partial charge is 0.341 e. The average molecular weight is 873 g/mol. The number of para-hydroxylation sites is 3. The van der Waals surface area contributed by atoms with Crippen LogP contribution in [0.5, 0.6) is 0 Å². The van der Waals surface area contributed by atoms with Gasteiger partial charge in [-0.15, -0.1) is 0 Å². The molecule has 2 heterocycles. The van der Waals surface area contributed by atoms with Crippen LogP contribution in [-0.2, 0) is 20.2 Å². The highest BCUT2D eigenvalue weighted by atomic mass is 32.2. The van der Waals surface area contributed by atoms with Crippen molar-refractivity contribution in [3.8, 4) is 0 Å². The van der Waals surface area contributed by atoms with Gasteiger partial charge in [-0.2, -0.15) is 46.7 Å². The van der Waals surface area contributed by atoms with Crippen LogP contribution in [0, 0.1) is 0 Å². The smallest absolute Gasteiger partial charge is 0.295 e. The number of anilines is 11. The molecule has 62 heavy (non-hydrogen) atoms. The zero-order valence-corrected chi connectivity index (χ0v) is 34.8. The van der Waals surface area contributed by atoms with Crippen LogP contribution in [0.25, 0.3) is 12.2 Å². The summed E-state index contributed by atoms with van der Waals surface area (Å²) in [6.45, 7) is 5.13. The summed E-state index contributed by atoms with van der Waals surface area (Å²) in [5.41, 5.74) is 2.58. The van der Waals surface area contributed by atoms with Crippen molar-refractivity contribution in [1.29, 1.82) is 0 Å². The number of nitrogens with one attached hydrogen (secondary N) is 5. The molecule has 7 N–H and O–H groups in total. The molecule has 0 saturated heterocycles. The minimum atomic E-state index is -4.84. The van der Waals surface area contributed by atoms with Crippen LogP contribution in [0.1, 0.15) is 25.0 Å². The van der Waals surface area contributed by atoms with Gasteiger partial charge >= 0.3 is 0 Å². The molecule has 18 nitrogen and oxygen atoms in total. The highest BCUT2D eigenvalue weighted by Crippen LogP contribution is 2.29. The third kappa shape index (κ3) is 11.2. The lowest BCUT2D eigenvalue weighted by Gasteiger charge is -2.20. The van der Waals surface area contributed by atoms with E-state index in [0.29, 0.717) is 30.4 Å². The maximum atomic E-state index is 12.7. The van der Waals surface area contributed by atoms with Gasteiger partial charge in [0, 0.05) is 41.5 Å². The fraction of sp³-hybridized carbons (Fsp3) is 0.0952. The highest BCUT2D eigenvalue weighted by Gasteiger charge is 2.20. The van der Waals surface area contributed by atoms with Gasteiger partial charge in [-0.3, -0.25) is 9.11 Å². The lowest BCUT2D eigenvalue weighted by atomic mass is 10.1. The second kappa shape index (κ2) is 18.8. The Morgan fingerprint density at radius 3 is 1.06 bits per heavy atom. The van der Waals surface area contributed by atoms with Crippen molar-refractivity contribution in [1.82, 2.24) is 29.9 Å². The average Bonchev–Trinajstić information content (AvgIpc) is 3.24. The molecule has 0 atom stereocenters. The zero-order valence-electron chi connectivity index (χ0n) is 33.2. The van der Waals surface area contributed by atoms with E-state index in [2.05, 4.69) is 56.5 Å². The molecular weight excluding hydrogens is 833 g/mol. The fourth-order valence-corrected chi connectivity index (χ4v) is 7.42. The molecular formula is C42H40N12O6S2. The van der Waals surface area contributed by atoms with Gasteiger partial charge in [-0.05, 0) is 85.6 Å². The van der Waals surface area contributed by atoms with Crippen LogP contribution in [0.15, 0.2) is 137 Å². The number of rotatable bonds is 17. The predicted octanol–water partition coefficient (Wildman–Crippen LogP) is 8.28. The molecule has 20 heteroatoms. The number of aromatic nitrogens is 6. The number of hydrogen-bond acceptors (Lipinski definition) is 16. The van der Waals surface area contributed by atoms with Gasteiger partial charge in [0.05, 0.1) is 0 Å². The quantitative estimate of drug-likeness (QED) is 0.0336. The van der Waals surface area contributed by atoms with Crippen LogP contribution in [0.4, 0.5) is 64.1 Å². The Morgan fingerprint density at radius 1 is 0.452 bits per heavy atom. The van der Waals surface area contributed by atoms with Crippen molar-refractivity contribution >= 4 is 96.5 Å². The molecule has 0 unspecified atom stereocenters.